The van der Waals surface area contributed by atoms with E-state index in [-0.39, 0.29) is 5.92 Å². The number of Topliss-reactive ketones (excluding diaryl/α,β-unsaturated/α-hetero) is 1. The highest BCUT2D eigenvalue weighted by atomic mass is 16.5. The summed E-state index contributed by atoms with van der Waals surface area (Å²) >= 11 is 0. The molecule has 0 rings (SSSR count). The molecule has 90 valence electrons. The Kier molecular flexibility index (Phi) is 7.61. The van der Waals surface area contributed by atoms with Crippen LogP contribution < -0.4 is 0 Å². The Labute approximate surface area is 93.8 Å². The number of hydrogen-bond donors (Lipinski definition) is 0. The number of nitrogens with zero attached hydrogens (tertiary/aromatic N) is 1. The molecule has 3 nitrogen and oxygen atoms in total. The van der Waals surface area contributed by atoms with Crippen LogP contribution in [0.25, 0.3) is 0 Å². The van der Waals surface area contributed by atoms with Gasteiger partial charge in [-0.1, -0.05) is 20.8 Å². The van der Waals surface area contributed by atoms with Crippen molar-refractivity contribution in [1.82, 2.24) is 4.90 Å². The molecule has 3 heteroatoms. The second-order valence-electron chi connectivity index (χ2n) is 4.34. The summed E-state index contributed by atoms with van der Waals surface area (Å²) in [7, 11) is 1.69. The SMILES string of the molecule is CCC(C)N(CCOC)CC(=O)C(C)C. The number of carbonyl (C=O) groups is 1. The van der Waals surface area contributed by atoms with Crippen molar-refractivity contribution >= 4 is 5.78 Å². The first kappa shape index (κ1) is 14.6. The highest BCUT2D eigenvalue weighted by Gasteiger charge is 2.17. The van der Waals surface area contributed by atoms with E-state index in [1.165, 1.54) is 0 Å². The molecule has 1 unspecified atom stereocenters. The lowest BCUT2D eigenvalue weighted by molar-refractivity contribution is -0.123. The predicted molar refractivity (Wildman–Crippen MR) is 63.0 cm³/mol. The van der Waals surface area contributed by atoms with E-state index >= 15 is 0 Å². The minimum Gasteiger partial charge on any atom is -0.383 e. The molecule has 0 heterocycles. The Balaban J connectivity index is 4.17. The van der Waals surface area contributed by atoms with Crippen LogP contribution in [0.4, 0.5) is 0 Å². The second kappa shape index (κ2) is 7.83. The van der Waals surface area contributed by atoms with Gasteiger partial charge >= 0.3 is 0 Å². The molecule has 15 heavy (non-hydrogen) atoms. The standard InChI is InChI=1S/C12H25NO2/c1-6-11(4)13(7-8-15-5)9-12(14)10(2)3/h10-11H,6-9H2,1-5H3. The van der Waals surface area contributed by atoms with Crippen LogP contribution in [0, 0.1) is 5.92 Å². The first-order valence-corrected chi connectivity index (χ1v) is 5.78. The first-order valence-electron chi connectivity index (χ1n) is 5.78. The average Bonchev–Trinajstić information content (AvgIpc) is 2.22. The molecule has 0 aromatic heterocycles. The summed E-state index contributed by atoms with van der Waals surface area (Å²) in [5.74, 6) is 0.436. The summed E-state index contributed by atoms with van der Waals surface area (Å²) in [6.45, 7) is 10.3. The summed E-state index contributed by atoms with van der Waals surface area (Å²) in [5.41, 5.74) is 0. The fourth-order valence-electron chi connectivity index (χ4n) is 1.30. The zero-order valence-electron chi connectivity index (χ0n) is 10.7. The average molecular weight is 215 g/mol. The van der Waals surface area contributed by atoms with Gasteiger partial charge in [-0.05, 0) is 13.3 Å². The van der Waals surface area contributed by atoms with E-state index in [0.29, 0.717) is 25.0 Å². The Bertz CT molecular complexity index is 180. The van der Waals surface area contributed by atoms with Crippen LogP contribution in [0.3, 0.4) is 0 Å². The van der Waals surface area contributed by atoms with E-state index in [9.17, 15) is 4.79 Å². The minimum absolute atomic E-state index is 0.124. The summed E-state index contributed by atoms with van der Waals surface area (Å²) in [6, 6.07) is 0.447. The summed E-state index contributed by atoms with van der Waals surface area (Å²) < 4.78 is 5.06. The highest BCUT2D eigenvalue weighted by Crippen LogP contribution is 2.05. The summed E-state index contributed by atoms with van der Waals surface area (Å²) in [4.78, 5) is 13.9. The Hall–Kier alpha value is -0.410. The van der Waals surface area contributed by atoms with E-state index in [0.717, 1.165) is 13.0 Å². The minimum atomic E-state index is 0.124. The zero-order valence-corrected chi connectivity index (χ0v) is 10.7. The first-order chi connectivity index (χ1) is 7.02. The molecule has 0 bridgehead atoms. The van der Waals surface area contributed by atoms with Crippen LogP contribution in [0.2, 0.25) is 0 Å². The van der Waals surface area contributed by atoms with Crippen molar-refractivity contribution < 1.29 is 9.53 Å². The molecule has 0 fully saturated rings. The quantitative estimate of drug-likeness (QED) is 0.620. The van der Waals surface area contributed by atoms with E-state index in [4.69, 9.17) is 4.74 Å². The summed E-state index contributed by atoms with van der Waals surface area (Å²) in [5, 5.41) is 0. The van der Waals surface area contributed by atoms with Gasteiger partial charge in [0.2, 0.25) is 0 Å². The molecule has 1 atom stereocenters. The largest absolute Gasteiger partial charge is 0.383 e. The van der Waals surface area contributed by atoms with Crippen LogP contribution in [0.5, 0.6) is 0 Å². The number of rotatable bonds is 8. The van der Waals surface area contributed by atoms with Gasteiger partial charge in [0.15, 0.2) is 0 Å². The van der Waals surface area contributed by atoms with E-state index in [2.05, 4.69) is 18.7 Å². The topological polar surface area (TPSA) is 29.5 Å². The monoisotopic (exact) mass is 215 g/mol. The molecule has 0 amide bonds. The maximum absolute atomic E-state index is 11.7. The molecule has 0 aromatic carbocycles. The van der Waals surface area contributed by atoms with Gasteiger partial charge in [-0.25, -0.2) is 0 Å². The maximum Gasteiger partial charge on any atom is 0.149 e. The summed E-state index contributed by atoms with van der Waals surface area (Å²) in [6.07, 6.45) is 1.06. The highest BCUT2D eigenvalue weighted by molar-refractivity contribution is 5.82. The van der Waals surface area contributed by atoms with Gasteiger partial charge in [0.1, 0.15) is 5.78 Å². The molecule has 0 spiro atoms. The number of methoxy groups -OCH3 is 1. The number of ketones is 1. The second-order valence-corrected chi connectivity index (χ2v) is 4.34. The Morgan fingerprint density at radius 2 is 1.93 bits per heavy atom. The van der Waals surface area contributed by atoms with Crippen LogP contribution in [0.15, 0.2) is 0 Å². The Morgan fingerprint density at radius 1 is 1.33 bits per heavy atom. The number of carbonyl (C=O) groups excluding carboxylic acids is 1. The molecule has 0 aliphatic heterocycles. The number of ether oxygens (including phenoxy) is 1. The maximum atomic E-state index is 11.7. The van der Waals surface area contributed by atoms with Crippen LogP contribution >= 0.6 is 0 Å². The molecule has 0 radical (unpaired) electrons. The van der Waals surface area contributed by atoms with Crippen molar-refractivity contribution in [2.24, 2.45) is 5.92 Å². The van der Waals surface area contributed by atoms with E-state index in [1.54, 1.807) is 7.11 Å². The fourth-order valence-corrected chi connectivity index (χ4v) is 1.30. The van der Waals surface area contributed by atoms with Gasteiger partial charge in [-0.15, -0.1) is 0 Å². The van der Waals surface area contributed by atoms with Crippen molar-refractivity contribution in [3.8, 4) is 0 Å². The Morgan fingerprint density at radius 3 is 2.33 bits per heavy atom. The van der Waals surface area contributed by atoms with Gasteiger partial charge < -0.3 is 4.74 Å². The molecule has 0 N–H and O–H groups in total. The molecule has 0 aromatic rings. The van der Waals surface area contributed by atoms with Crippen molar-refractivity contribution in [1.29, 1.82) is 0 Å². The van der Waals surface area contributed by atoms with Crippen LogP contribution in [-0.2, 0) is 9.53 Å². The third kappa shape index (κ3) is 5.90. The van der Waals surface area contributed by atoms with E-state index < -0.39 is 0 Å². The molecular formula is C12H25NO2. The molecule has 0 saturated carbocycles. The third-order valence-corrected chi connectivity index (χ3v) is 2.80. The van der Waals surface area contributed by atoms with Crippen LogP contribution in [0.1, 0.15) is 34.1 Å². The molecule has 0 aliphatic rings. The van der Waals surface area contributed by atoms with Gasteiger partial charge in [0.05, 0.1) is 13.2 Å². The lowest BCUT2D eigenvalue weighted by Crippen LogP contribution is -2.40. The lowest BCUT2D eigenvalue weighted by Gasteiger charge is -2.27. The molecule has 0 aliphatic carbocycles. The normalized spacial score (nSPS) is 13.5. The van der Waals surface area contributed by atoms with Crippen molar-refractivity contribution in [2.45, 2.75) is 40.2 Å². The smallest absolute Gasteiger partial charge is 0.149 e. The predicted octanol–water partition coefficient (Wildman–Crippen LogP) is 1.96. The van der Waals surface area contributed by atoms with Crippen molar-refractivity contribution in [3.05, 3.63) is 0 Å². The molecule has 0 saturated heterocycles. The van der Waals surface area contributed by atoms with Gasteiger partial charge in [0, 0.05) is 25.6 Å². The molecular weight excluding hydrogens is 190 g/mol. The third-order valence-electron chi connectivity index (χ3n) is 2.80. The van der Waals surface area contributed by atoms with E-state index in [1.807, 2.05) is 13.8 Å². The van der Waals surface area contributed by atoms with Gasteiger partial charge in [0.25, 0.3) is 0 Å². The van der Waals surface area contributed by atoms with Gasteiger partial charge in [-0.2, -0.15) is 0 Å². The fraction of sp³-hybridized carbons (Fsp3) is 0.917. The number of hydrogen-bond acceptors (Lipinski definition) is 3. The van der Waals surface area contributed by atoms with Crippen LogP contribution in [-0.4, -0.2) is 43.5 Å². The van der Waals surface area contributed by atoms with Gasteiger partial charge in [-0.3, -0.25) is 9.69 Å². The zero-order chi connectivity index (χ0) is 11.8. The van der Waals surface area contributed by atoms with Crippen molar-refractivity contribution in [2.75, 3.05) is 26.8 Å². The van der Waals surface area contributed by atoms with Crippen molar-refractivity contribution in [3.63, 3.8) is 0 Å². The lowest BCUT2D eigenvalue weighted by atomic mass is 10.1.